The van der Waals surface area contributed by atoms with Crippen LogP contribution in [0.2, 0.25) is 0 Å². The molecule has 0 radical (unpaired) electrons. The highest BCUT2D eigenvalue weighted by atomic mass is 16.5. The van der Waals surface area contributed by atoms with Crippen molar-refractivity contribution < 1.29 is 9.31 Å². The zero-order valence-electron chi connectivity index (χ0n) is 10.4. The van der Waals surface area contributed by atoms with Crippen LogP contribution in [0.4, 0.5) is 0 Å². The quantitative estimate of drug-likeness (QED) is 0.724. The summed E-state index contributed by atoms with van der Waals surface area (Å²) >= 11 is 0. The van der Waals surface area contributed by atoms with Crippen molar-refractivity contribution in [3.63, 3.8) is 0 Å². The van der Waals surface area contributed by atoms with Gasteiger partial charge in [0.05, 0.1) is 5.92 Å². The van der Waals surface area contributed by atoms with Crippen LogP contribution in [0.1, 0.15) is 37.8 Å². The van der Waals surface area contributed by atoms with Crippen molar-refractivity contribution in [2.75, 3.05) is 13.2 Å². The molecule has 1 unspecified atom stereocenters. The van der Waals surface area contributed by atoms with E-state index in [1.807, 2.05) is 0 Å². The van der Waals surface area contributed by atoms with E-state index in [0.717, 1.165) is 25.5 Å². The Morgan fingerprint density at radius 2 is 2.06 bits per heavy atom. The molecular formula is C15H20NO+. The molecule has 3 rings (SSSR count). The van der Waals surface area contributed by atoms with Crippen molar-refractivity contribution in [1.29, 1.82) is 0 Å². The van der Waals surface area contributed by atoms with E-state index in [0.29, 0.717) is 6.04 Å². The van der Waals surface area contributed by atoms with Crippen molar-refractivity contribution in [2.24, 2.45) is 5.92 Å². The number of nitrogens with zero attached hydrogens (tertiary/aromatic N) is 1. The van der Waals surface area contributed by atoms with Crippen LogP contribution in [-0.2, 0) is 4.74 Å². The smallest absolute Gasteiger partial charge is 0.340 e. The van der Waals surface area contributed by atoms with Crippen LogP contribution < -0.4 is 0 Å². The standard InChI is InChI=1S/C15H20NO/c1-2-14(12-6-4-3-5-7-12)16-10-11-17-15(16)13-8-9-13/h3-7,13-14H,2,8-11H2,1H3/q+1. The largest absolute Gasteiger partial charge is 0.441 e. The number of hydrogen-bond donors (Lipinski definition) is 0. The lowest BCUT2D eigenvalue weighted by molar-refractivity contribution is -0.566. The highest BCUT2D eigenvalue weighted by Gasteiger charge is 2.42. The lowest BCUT2D eigenvalue weighted by Gasteiger charge is -2.12. The summed E-state index contributed by atoms with van der Waals surface area (Å²) in [4.78, 5) is 0. The molecule has 1 fully saturated rings. The summed E-state index contributed by atoms with van der Waals surface area (Å²) in [5.74, 6) is 1.98. The molecule has 17 heavy (non-hydrogen) atoms. The maximum Gasteiger partial charge on any atom is 0.340 e. The molecule has 1 atom stereocenters. The van der Waals surface area contributed by atoms with Crippen LogP contribution in [0.3, 0.4) is 0 Å². The fourth-order valence-electron chi connectivity index (χ4n) is 2.74. The summed E-state index contributed by atoms with van der Waals surface area (Å²) in [6.07, 6.45) is 3.78. The van der Waals surface area contributed by atoms with Gasteiger partial charge in [0.25, 0.3) is 0 Å². The van der Waals surface area contributed by atoms with Gasteiger partial charge in [0.15, 0.2) is 19.2 Å². The molecule has 90 valence electrons. The molecule has 1 aliphatic heterocycles. The van der Waals surface area contributed by atoms with Crippen molar-refractivity contribution in [2.45, 2.75) is 32.2 Å². The van der Waals surface area contributed by atoms with Crippen LogP contribution in [-0.4, -0.2) is 23.6 Å². The van der Waals surface area contributed by atoms with Crippen LogP contribution in [0.5, 0.6) is 0 Å². The van der Waals surface area contributed by atoms with E-state index in [-0.39, 0.29) is 0 Å². The van der Waals surface area contributed by atoms with E-state index >= 15 is 0 Å². The van der Waals surface area contributed by atoms with E-state index in [2.05, 4.69) is 41.8 Å². The van der Waals surface area contributed by atoms with E-state index in [9.17, 15) is 0 Å². The fourth-order valence-corrected chi connectivity index (χ4v) is 2.74. The van der Waals surface area contributed by atoms with Gasteiger partial charge < -0.3 is 4.74 Å². The van der Waals surface area contributed by atoms with E-state index in [1.54, 1.807) is 0 Å². The Morgan fingerprint density at radius 1 is 1.29 bits per heavy atom. The topological polar surface area (TPSA) is 12.2 Å². The van der Waals surface area contributed by atoms with E-state index in [4.69, 9.17) is 4.74 Å². The average Bonchev–Trinajstić information content (AvgIpc) is 3.12. The Kier molecular flexibility index (Phi) is 2.87. The summed E-state index contributed by atoms with van der Waals surface area (Å²) < 4.78 is 8.33. The zero-order valence-corrected chi connectivity index (χ0v) is 10.4. The summed E-state index contributed by atoms with van der Waals surface area (Å²) in [5, 5.41) is 0. The molecule has 0 bridgehead atoms. The van der Waals surface area contributed by atoms with Crippen LogP contribution in [0.25, 0.3) is 0 Å². The summed E-state index contributed by atoms with van der Waals surface area (Å²) in [6, 6.07) is 11.3. The molecule has 1 saturated carbocycles. The number of benzene rings is 1. The van der Waals surface area contributed by atoms with Crippen LogP contribution in [0.15, 0.2) is 30.3 Å². The van der Waals surface area contributed by atoms with Gasteiger partial charge in [-0.05, 0) is 12.8 Å². The van der Waals surface area contributed by atoms with Gasteiger partial charge in [-0.15, -0.1) is 0 Å². The Labute approximate surface area is 103 Å². The van der Waals surface area contributed by atoms with Gasteiger partial charge in [-0.2, -0.15) is 4.58 Å². The Hall–Kier alpha value is -1.31. The second-order valence-corrected chi connectivity index (χ2v) is 4.99. The minimum absolute atomic E-state index is 0.495. The first-order chi connectivity index (χ1) is 8.40. The van der Waals surface area contributed by atoms with Gasteiger partial charge >= 0.3 is 5.90 Å². The summed E-state index contributed by atoms with van der Waals surface area (Å²) in [7, 11) is 0. The Bertz CT molecular complexity index is 420. The third kappa shape index (κ3) is 2.08. The minimum Gasteiger partial charge on any atom is -0.441 e. The van der Waals surface area contributed by atoms with Gasteiger partial charge in [0, 0.05) is 12.0 Å². The molecular weight excluding hydrogens is 210 g/mol. The molecule has 1 aliphatic carbocycles. The van der Waals surface area contributed by atoms with Crippen molar-refractivity contribution >= 4 is 5.90 Å². The first-order valence-corrected chi connectivity index (χ1v) is 6.71. The SMILES string of the molecule is CCC(c1ccccc1)[N+]1=C(C2CC2)OCC1. The number of ether oxygens (including phenoxy) is 1. The molecule has 0 aromatic heterocycles. The lowest BCUT2D eigenvalue weighted by Crippen LogP contribution is -2.23. The molecule has 0 saturated heterocycles. The fraction of sp³-hybridized carbons (Fsp3) is 0.533. The predicted molar refractivity (Wildman–Crippen MR) is 68.3 cm³/mol. The molecule has 2 nitrogen and oxygen atoms in total. The highest BCUT2D eigenvalue weighted by molar-refractivity contribution is 5.77. The molecule has 1 aromatic rings. The monoisotopic (exact) mass is 230 g/mol. The maximum atomic E-state index is 5.84. The van der Waals surface area contributed by atoms with Gasteiger partial charge in [0.2, 0.25) is 0 Å². The van der Waals surface area contributed by atoms with Gasteiger partial charge in [-0.1, -0.05) is 37.3 Å². The molecule has 0 N–H and O–H groups in total. The third-order valence-electron chi connectivity index (χ3n) is 3.74. The second-order valence-electron chi connectivity index (χ2n) is 4.99. The third-order valence-corrected chi connectivity index (χ3v) is 3.74. The average molecular weight is 230 g/mol. The minimum atomic E-state index is 0.495. The molecule has 2 aliphatic rings. The zero-order chi connectivity index (χ0) is 11.7. The van der Waals surface area contributed by atoms with Gasteiger partial charge in [-0.25, -0.2) is 0 Å². The second kappa shape index (κ2) is 4.52. The Balaban J connectivity index is 1.92. The molecule has 2 heteroatoms. The predicted octanol–water partition coefficient (Wildman–Crippen LogP) is 2.99. The van der Waals surface area contributed by atoms with Crippen LogP contribution >= 0.6 is 0 Å². The molecule has 1 aromatic carbocycles. The van der Waals surface area contributed by atoms with Crippen molar-refractivity contribution in [3.8, 4) is 0 Å². The first-order valence-electron chi connectivity index (χ1n) is 6.71. The molecule has 1 heterocycles. The molecule has 0 amide bonds. The van der Waals surface area contributed by atoms with Crippen molar-refractivity contribution in [3.05, 3.63) is 35.9 Å². The van der Waals surface area contributed by atoms with E-state index < -0.39 is 0 Å². The summed E-state index contributed by atoms with van der Waals surface area (Å²) in [6.45, 7) is 4.19. The number of rotatable bonds is 4. The first kappa shape index (κ1) is 10.8. The van der Waals surface area contributed by atoms with Gasteiger partial charge in [-0.3, -0.25) is 0 Å². The lowest BCUT2D eigenvalue weighted by atomic mass is 10.0. The normalized spacial score (nSPS) is 21.5. The molecule has 0 spiro atoms. The van der Waals surface area contributed by atoms with Gasteiger partial charge in [0.1, 0.15) is 0 Å². The van der Waals surface area contributed by atoms with E-state index in [1.165, 1.54) is 24.3 Å². The summed E-state index contributed by atoms with van der Waals surface area (Å²) in [5.41, 5.74) is 1.42. The number of hydrogen-bond acceptors (Lipinski definition) is 1. The van der Waals surface area contributed by atoms with Crippen LogP contribution in [0, 0.1) is 5.92 Å². The highest BCUT2D eigenvalue weighted by Crippen LogP contribution is 2.34. The van der Waals surface area contributed by atoms with Crippen molar-refractivity contribution in [1.82, 2.24) is 0 Å². The maximum absolute atomic E-state index is 5.84. The Morgan fingerprint density at radius 3 is 2.71 bits per heavy atom.